The van der Waals surface area contributed by atoms with Crippen molar-refractivity contribution in [3.05, 3.63) is 69.8 Å². The van der Waals surface area contributed by atoms with Gasteiger partial charge in [-0.3, -0.25) is 19.7 Å². The molecular formula is C21H19NO7. The maximum atomic E-state index is 12.7. The number of carbonyl (C=O) groups is 3. The van der Waals surface area contributed by atoms with E-state index in [1.165, 1.54) is 31.2 Å². The quantitative estimate of drug-likeness (QED) is 0.329. The molecule has 1 aliphatic rings. The molecule has 0 amide bonds. The zero-order valence-electron chi connectivity index (χ0n) is 15.9. The Kier molecular flexibility index (Phi) is 5.45. The Morgan fingerprint density at radius 1 is 1.10 bits per heavy atom. The number of hydrogen-bond acceptors (Lipinski definition) is 7. The van der Waals surface area contributed by atoms with Crippen LogP contribution in [0.25, 0.3) is 0 Å². The lowest BCUT2D eigenvalue weighted by Crippen LogP contribution is -2.40. The predicted octanol–water partition coefficient (Wildman–Crippen LogP) is 3.37. The summed E-state index contributed by atoms with van der Waals surface area (Å²) < 4.78 is 10.6. The van der Waals surface area contributed by atoms with E-state index in [9.17, 15) is 24.5 Å². The zero-order chi connectivity index (χ0) is 21.2. The summed E-state index contributed by atoms with van der Waals surface area (Å²) in [6.07, 6.45) is -0.0440. The molecule has 0 spiro atoms. The summed E-state index contributed by atoms with van der Waals surface area (Å²) in [5, 5.41) is 10.7. The molecule has 3 rings (SSSR count). The average molecular weight is 397 g/mol. The lowest BCUT2D eigenvalue weighted by molar-refractivity contribution is -0.384. The highest BCUT2D eigenvalue weighted by atomic mass is 16.6. The minimum Gasteiger partial charge on any atom is -0.457 e. The largest absolute Gasteiger partial charge is 0.457 e. The smallest absolute Gasteiger partial charge is 0.338 e. The van der Waals surface area contributed by atoms with E-state index in [-0.39, 0.29) is 23.5 Å². The molecule has 2 atom stereocenters. The molecule has 0 heterocycles. The molecule has 1 aliphatic carbocycles. The predicted molar refractivity (Wildman–Crippen MR) is 102 cm³/mol. The van der Waals surface area contributed by atoms with Crippen molar-refractivity contribution in [1.29, 1.82) is 0 Å². The van der Waals surface area contributed by atoms with Crippen LogP contribution in [0.1, 0.15) is 42.6 Å². The van der Waals surface area contributed by atoms with E-state index in [2.05, 4.69) is 0 Å². The Balaban J connectivity index is 1.81. The third-order valence-corrected chi connectivity index (χ3v) is 5.14. The Morgan fingerprint density at radius 2 is 1.72 bits per heavy atom. The Morgan fingerprint density at radius 3 is 2.28 bits per heavy atom. The van der Waals surface area contributed by atoms with E-state index in [1.54, 1.807) is 31.2 Å². The Hall–Kier alpha value is -3.55. The van der Waals surface area contributed by atoms with E-state index >= 15 is 0 Å². The number of nitro groups is 1. The second-order valence-electron chi connectivity index (χ2n) is 6.98. The number of non-ortho nitro benzene ring substituents is 1. The second kappa shape index (κ2) is 7.83. The summed E-state index contributed by atoms with van der Waals surface area (Å²) in [6.45, 7) is 3.01. The summed E-state index contributed by atoms with van der Waals surface area (Å²) in [5.41, 5.74) is -0.347. The molecule has 150 valence electrons. The maximum absolute atomic E-state index is 12.7. The number of rotatable bonds is 5. The third kappa shape index (κ3) is 4.01. The van der Waals surface area contributed by atoms with E-state index in [1.807, 2.05) is 0 Å². The molecule has 0 N–H and O–H groups in total. The number of esters is 2. The molecule has 0 bridgehead atoms. The van der Waals surface area contributed by atoms with Crippen LogP contribution in [0.5, 0.6) is 5.75 Å². The second-order valence-corrected chi connectivity index (χ2v) is 6.98. The summed E-state index contributed by atoms with van der Waals surface area (Å²) in [4.78, 5) is 46.4. The summed E-state index contributed by atoms with van der Waals surface area (Å²) >= 11 is 0. The van der Waals surface area contributed by atoms with Gasteiger partial charge in [0.05, 0.1) is 15.9 Å². The van der Waals surface area contributed by atoms with Gasteiger partial charge in [-0.05, 0) is 43.2 Å². The average Bonchev–Trinajstić information content (AvgIpc) is 2.97. The fraction of sp³-hybridized carbons (Fsp3) is 0.286. The molecule has 8 nitrogen and oxygen atoms in total. The highest BCUT2D eigenvalue weighted by molar-refractivity contribution is 5.95. The monoisotopic (exact) mass is 397 g/mol. The fourth-order valence-corrected chi connectivity index (χ4v) is 3.47. The highest BCUT2D eigenvalue weighted by Gasteiger charge is 2.49. The first-order valence-corrected chi connectivity index (χ1v) is 8.99. The van der Waals surface area contributed by atoms with Gasteiger partial charge in [-0.25, -0.2) is 4.79 Å². The van der Waals surface area contributed by atoms with Crippen molar-refractivity contribution in [2.75, 3.05) is 0 Å². The lowest BCUT2D eigenvalue weighted by Gasteiger charge is -2.30. The molecule has 0 aliphatic heterocycles. The topological polar surface area (TPSA) is 113 Å². The molecule has 2 aromatic rings. The summed E-state index contributed by atoms with van der Waals surface area (Å²) in [6, 6.07) is 11.6. The maximum Gasteiger partial charge on any atom is 0.338 e. The molecule has 29 heavy (non-hydrogen) atoms. The van der Waals surface area contributed by atoms with Crippen molar-refractivity contribution in [1.82, 2.24) is 0 Å². The first-order chi connectivity index (χ1) is 13.7. The molecule has 2 aromatic carbocycles. The van der Waals surface area contributed by atoms with Gasteiger partial charge in [0.1, 0.15) is 17.6 Å². The van der Waals surface area contributed by atoms with Crippen LogP contribution in [0.15, 0.2) is 48.5 Å². The van der Waals surface area contributed by atoms with Gasteiger partial charge in [0.25, 0.3) is 5.69 Å². The van der Waals surface area contributed by atoms with Crippen LogP contribution >= 0.6 is 0 Å². The molecular weight excluding hydrogens is 378 g/mol. The van der Waals surface area contributed by atoms with Gasteiger partial charge < -0.3 is 9.47 Å². The number of benzene rings is 2. The SMILES string of the molecule is CC(=O)Oc1ccc([C@]2(C)C(=O)CC[C@H]2OC(=O)c2ccc([N+](=O)[O-])cc2)cc1. The van der Waals surface area contributed by atoms with E-state index < -0.39 is 28.4 Å². The first-order valence-electron chi connectivity index (χ1n) is 8.99. The van der Waals surface area contributed by atoms with Crippen molar-refractivity contribution in [2.45, 2.75) is 38.2 Å². The normalized spacial score (nSPS) is 20.9. The number of nitrogens with zero attached hydrogens (tertiary/aromatic N) is 1. The molecule has 1 saturated carbocycles. The van der Waals surface area contributed by atoms with E-state index in [4.69, 9.17) is 9.47 Å². The van der Waals surface area contributed by atoms with Crippen LogP contribution in [0.2, 0.25) is 0 Å². The Bertz CT molecular complexity index is 966. The van der Waals surface area contributed by atoms with Crippen molar-refractivity contribution >= 4 is 23.4 Å². The minimum absolute atomic E-state index is 0.0563. The van der Waals surface area contributed by atoms with Crippen LogP contribution in [0.4, 0.5) is 5.69 Å². The Labute approximate surface area is 166 Å². The van der Waals surface area contributed by atoms with Crippen LogP contribution in [0.3, 0.4) is 0 Å². The van der Waals surface area contributed by atoms with Crippen LogP contribution in [-0.4, -0.2) is 28.7 Å². The molecule has 0 radical (unpaired) electrons. The van der Waals surface area contributed by atoms with Gasteiger partial charge in [0.15, 0.2) is 0 Å². The first kappa shape index (κ1) is 20.2. The van der Waals surface area contributed by atoms with Crippen LogP contribution < -0.4 is 4.74 Å². The fourth-order valence-electron chi connectivity index (χ4n) is 3.47. The molecule has 0 unspecified atom stereocenters. The standard InChI is InChI=1S/C21H19NO7/c1-13(23)28-17-9-5-15(6-10-17)21(2)18(24)11-12-19(21)29-20(25)14-3-7-16(8-4-14)22(26)27/h3-10,19H,11-12H2,1-2H3/t19-,21-/m1/s1. The molecule has 0 aromatic heterocycles. The number of ether oxygens (including phenoxy) is 2. The number of nitro benzene ring substituents is 1. The number of ketones is 1. The van der Waals surface area contributed by atoms with Gasteiger partial charge in [0, 0.05) is 25.5 Å². The minimum atomic E-state index is -1.04. The van der Waals surface area contributed by atoms with Gasteiger partial charge >= 0.3 is 11.9 Å². The number of hydrogen-bond donors (Lipinski definition) is 0. The van der Waals surface area contributed by atoms with Crippen LogP contribution in [-0.2, 0) is 19.7 Å². The van der Waals surface area contributed by atoms with Crippen molar-refractivity contribution in [2.24, 2.45) is 0 Å². The van der Waals surface area contributed by atoms with Crippen molar-refractivity contribution < 1.29 is 28.8 Å². The molecule has 1 fully saturated rings. The lowest BCUT2D eigenvalue weighted by atomic mass is 9.78. The third-order valence-electron chi connectivity index (χ3n) is 5.14. The molecule has 0 saturated heterocycles. The number of carbonyl (C=O) groups excluding carboxylic acids is 3. The van der Waals surface area contributed by atoms with Crippen molar-refractivity contribution in [3.8, 4) is 5.75 Å². The summed E-state index contributed by atoms with van der Waals surface area (Å²) in [7, 11) is 0. The van der Waals surface area contributed by atoms with E-state index in [0.717, 1.165) is 0 Å². The van der Waals surface area contributed by atoms with Gasteiger partial charge in [-0.15, -0.1) is 0 Å². The zero-order valence-corrected chi connectivity index (χ0v) is 15.9. The van der Waals surface area contributed by atoms with Gasteiger partial charge in [-0.2, -0.15) is 0 Å². The number of Topliss-reactive ketones (excluding diaryl/α,β-unsaturated/α-hetero) is 1. The highest BCUT2D eigenvalue weighted by Crippen LogP contribution is 2.41. The summed E-state index contributed by atoms with van der Waals surface area (Å²) in [5.74, 6) is -0.799. The van der Waals surface area contributed by atoms with Gasteiger partial charge in [-0.1, -0.05) is 12.1 Å². The molecule has 8 heteroatoms. The van der Waals surface area contributed by atoms with Crippen LogP contribution in [0, 0.1) is 10.1 Å². The van der Waals surface area contributed by atoms with Gasteiger partial charge in [0.2, 0.25) is 0 Å². The van der Waals surface area contributed by atoms with E-state index in [0.29, 0.717) is 17.7 Å². The van der Waals surface area contributed by atoms with Crippen molar-refractivity contribution in [3.63, 3.8) is 0 Å².